The van der Waals surface area contributed by atoms with Gasteiger partial charge in [-0.1, -0.05) is 18.2 Å². The van der Waals surface area contributed by atoms with Crippen LogP contribution in [0.4, 0.5) is 13.2 Å². The highest BCUT2D eigenvalue weighted by molar-refractivity contribution is 8.00. The molecule has 0 aliphatic heterocycles. The minimum atomic E-state index is -3.30. The van der Waals surface area contributed by atoms with Gasteiger partial charge < -0.3 is 0 Å². The molecule has 0 aliphatic rings. The molecular weight excluding hydrogens is 185 g/mol. The first-order valence-corrected chi connectivity index (χ1v) is 4.13. The van der Waals surface area contributed by atoms with E-state index < -0.39 is 11.9 Å². The van der Waals surface area contributed by atoms with Crippen molar-refractivity contribution in [3.05, 3.63) is 30.3 Å². The maximum atomic E-state index is 12.4. The first-order valence-electron chi connectivity index (χ1n) is 3.32. The molecule has 12 heavy (non-hydrogen) atoms. The molecule has 0 N–H and O–H groups in total. The molecule has 0 fully saturated rings. The molecule has 1 aromatic rings. The lowest BCUT2D eigenvalue weighted by atomic mass is 10.4. The van der Waals surface area contributed by atoms with Gasteiger partial charge in [-0.05, 0) is 23.9 Å². The van der Waals surface area contributed by atoms with Gasteiger partial charge in [0.15, 0.2) is 6.67 Å². The summed E-state index contributed by atoms with van der Waals surface area (Å²) in [7, 11) is 0. The number of thioether (sulfide) groups is 1. The fraction of sp³-hybridized carbons (Fsp3) is 0.250. The van der Waals surface area contributed by atoms with E-state index in [1.807, 2.05) is 0 Å². The van der Waals surface area contributed by atoms with Crippen molar-refractivity contribution < 1.29 is 13.2 Å². The molecule has 0 saturated carbocycles. The molecule has 1 rings (SSSR count). The summed E-state index contributed by atoms with van der Waals surface area (Å²) in [5, 5.41) is -3.30. The standard InChI is InChI=1S/C8H7F3S/c9-6-8(10,11)12-7-4-2-1-3-5-7/h1-5H,6H2. The van der Waals surface area contributed by atoms with Gasteiger partial charge in [-0.25, -0.2) is 4.39 Å². The molecule has 0 atom stereocenters. The highest BCUT2D eigenvalue weighted by Gasteiger charge is 2.30. The van der Waals surface area contributed by atoms with Gasteiger partial charge in [0.1, 0.15) is 0 Å². The molecule has 4 heteroatoms. The molecule has 0 saturated heterocycles. The Balaban J connectivity index is 2.64. The van der Waals surface area contributed by atoms with Crippen LogP contribution >= 0.6 is 11.8 Å². The van der Waals surface area contributed by atoms with Crippen molar-refractivity contribution in [3.8, 4) is 0 Å². The molecule has 0 nitrogen and oxygen atoms in total. The van der Waals surface area contributed by atoms with Gasteiger partial charge in [-0.3, -0.25) is 0 Å². The van der Waals surface area contributed by atoms with E-state index in [9.17, 15) is 13.2 Å². The fourth-order valence-electron chi connectivity index (χ4n) is 0.688. The second-order valence-electron chi connectivity index (χ2n) is 2.19. The third kappa shape index (κ3) is 2.77. The van der Waals surface area contributed by atoms with Crippen LogP contribution in [-0.4, -0.2) is 11.9 Å². The summed E-state index contributed by atoms with van der Waals surface area (Å²) in [5.74, 6) is 0. The molecule has 0 bridgehead atoms. The van der Waals surface area contributed by atoms with Crippen molar-refractivity contribution in [1.29, 1.82) is 0 Å². The molecular formula is C8H7F3S. The molecule has 0 aliphatic carbocycles. The zero-order valence-electron chi connectivity index (χ0n) is 6.14. The van der Waals surface area contributed by atoms with Crippen molar-refractivity contribution >= 4 is 11.8 Å². The van der Waals surface area contributed by atoms with Crippen LogP contribution in [-0.2, 0) is 0 Å². The number of hydrogen-bond donors (Lipinski definition) is 0. The molecule has 1 aromatic carbocycles. The summed E-state index contributed by atoms with van der Waals surface area (Å²) in [6.07, 6.45) is 0. The molecule has 0 aromatic heterocycles. The fourth-order valence-corrected chi connectivity index (χ4v) is 1.38. The number of rotatable bonds is 3. The Morgan fingerprint density at radius 1 is 1.17 bits per heavy atom. The molecule has 0 amide bonds. The third-order valence-electron chi connectivity index (χ3n) is 1.17. The van der Waals surface area contributed by atoms with E-state index in [1.54, 1.807) is 18.2 Å². The van der Waals surface area contributed by atoms with E-state index in [0.717, 1.165) is 0 Å². The summed E-state index contributed by atoms with van der Waals surface area (Å²) >= 11 is 0.238. The maximum absolute atomic E-state index is 12.4. The van der Waals surface area contributed by atoms with Crippen LogP contribution < -0.4 is 0 Å². The van der Waals surface area contributed by atoms with E-state index in [-0.39, 0.29) is 11.8 Å². The van der Waals surface area contributed by atoms with E-state index in [4.69, 9.17) is 0 Å². The molecule has 0 radical (unpaired) electrons. The lowest BCUT2D eigenvalue weighted by Crippen LogP contribution is -2.12. The second-order valence-corrected chi connectivity index (χ2v) is 3.46. The molecule has 0 heterocycles. The predicted octanol–water partition coefficient (Wildman–Crippen LogP) is 3.34. The van der Waals surface area contributed by atoms with E-state index in [1.165, 1.54) is 12.1 Å². The highest BCUT2D eigenvalue weighted by Crippen LogP contribution is 2.35. The van der Waals surface area contributed by atoms with Crippen LogP contribution in [0.1, 0.15) is 0 Å². The highest BCUT2D eigenvalue weighted by atomic mass is 32.2. The van der Waals surface area contributed by atoms with E-state index in [2.05, 4.69) is 0 Å². The van der Waals surface area contributed by atoms with Crippen molar-refractivity contribution in [2.45, 2.75) is 10.2 Å². The van der Waals surface area contributed by atoms with Crippen LogP contribution in [0.25, 0.3) is 0 Å². The average Bonchev–Trinajstić information content (AvgIpc) is 2.06. The van der Waals surface area contributed by atoms with Crippen LogP contribution in [0.2, 0.25) is 0 Å². The Morgan fingerprint density at radius 3 is 2.25 bits per heavy atom. The van der Waals surface area contributed by atoms with Gasteiger partial charge in [0.2, 0.25) is 0 Å². The normalized spacial score (nSPS) is 11.6. The smallest absolute Gasteiger partial charge is 0.243 e. The Labute approximate surface area is 72.8 Å². The lowest BCUT2D eigenvalue weighted by Gasteiger charge is -2.10. The largest absolute Gasteiger partial charge is 0.326 e. The van der Waals surface area contributed by atoms with Crippen LogP contribution in [0.5, 0.6) is 0 Å². The molecule has 66 valence electrons. The summed E-state index contributed by atoms with van der Waals surface area (Å²) < 4.78 is 36.5. The second kappa shape index (κ2) is 3.85. The van der Waals surface area contributed by atoms with Gasteiger partial charge >= 0.3 is 5.25 Å². The summed E-state index contributed by atoms with van der Waals surface area (Å²) in [5.41, 5.74) is 0. The van der Waals surface area contributed by atoms with Gasteiger partial charge in [0.05, 0.1) is 0 Å². The quantitative estimate of drug-likeness (QED) is 0.662. The topological polar surface area (TPSA) is 0 Å². The van der Waals surface area contributed by atoms with Gasteiger partial charge in [-0.15, -0.1) is 0 Å². The minimum absolute atomic E-state index is 0.238. The van der Waals surface area contributed by atoms with Crippen molar-refractivity contribution in [2.75, 3.05) is 6.67 Å². The van der Waals surface area contributed by atoms with Crippen molar-refractivity contribution in [2.24, 2.45) is 0 Å². The number of alkyl halides is 3. The number of halogens is 3. The lowest BCUT2D eigenvalue weighted by molar-refractivity contribution is 0.0741. The molecule has 0 unspecified atom stereocenters. The van der Waals surface area contributed by atoms with Gasteiger partial charge in [0.25, 0.3) is 0 Å². The first kappa shape index (κ1) is 9.45. The van der Waals surface area contributed by atoms with Crippen LogP contribution in [0, 0.1) is 0 Å². The first-order chi connectivity index (χ1) is 5.64. The predicted molar refractivity (Wildman–Crippen MR) is 43.2 cm³/mol. The zero-order chi connectivity index (χ0) is 9.03. The van der Waals surface area contributed by atoms with Crippen molar-refractivity contribution in [3.63, 3.8) is 0 Å². The SMILES string of the molecule is FCC(F)(F)Sc1ccccc1. The number of hydrogen-bond acceptors (Lipinski definition) is 1. The number of benzene rings is 1. The average molecular weight is 192 g/mol. The third-order valence-corrected chi connectivity index (χ3v) is 2.08. The molecule has 0 spiro atoms. The van der Waals surface area contributed by atoms with Crippen molar-refractivity contribution in [1.82, 2.24) is 0 Å². The minimum Gasteiger partial charge on any atom is -0.243 e. The monoisotopic (exact) mass is 192 g/mol. The van der Waals surface area contributed by atoms with Gasteiger partial charge in [0, 0.05) is 4.90 Å². The summed E-state index contributed by atoms with van der Waals surface area (Å²) in [4.78, 5) is 0.375. The van der Waals surface area contributed by atoms with E-state index >= 15 is 0 Å². The van der Waals surface area contributed by atoms with E-state index in [0.29, 0.717) is 4.90 Å². The van der Waals surface area contributed by atoms with Crippen LogP contribution in [0.3, 0.4) is 0 Å². The Kier molecular flexibility index (Phi) is 3.03. The summed E-state index contributed by atoms with van der Waals surface area (Å²) in [6, 6.07) is 8.04. The zero-order valence-corrected chi connectivity index (χ0v) is 6.95. The Hall–Kier alpha value is -0.640. The maximum Gasteiger partial charge on any atom is 0.326 e. The summed E-state index contributed by atoms with van der Waals surface area (Å²) in [6.45, 7) is -1.63. The Bertz CT molecular complexity index is 235. The van der Waals surface area contributed by atoms with Crippen LogP contribution in [0.15, 0.2) is 35.2 Å². The Morgan fingerprint density at radius 2 is 1.75 bits per heavy atom. The van der Waals surface area contributed by atoms with Gasteiger partial charge in [-0.2, -0.15) is 8.78 Å².